The zero-order chi connectivity index (χ0) is 15.9. The third-order valence-corrected chi connectivity index (χ3v) is 3.08. The van der Waals surface area contributed by atoms with Crippen LogP contribution >= 0.6 is 0 Å². The second-order valence-corrected chi connectivity index (χ2v) is 5.41. The molecule has 2 aromatic rings. The smallest absolute Gasteiger partial charge is 0.273 e. The standard InChI is InChI=1S/C16H22N4O2/c1-12(2)22-10-4-9-17-16(21)15-11-20(19-18-15)14-7-5-13(3)6-8-14/h5-8,11-12H,4,9-10H2,1-3H3,(H,17,21). The fourth-order valence-electron chi connectivity index (χ4n) is 1.88. The Balaban J connectivity index is 1.85. The Hall–Kier alpha value is -2.21. The summed E-state index contributed by atoms with van der Waals surface area (Å²) in [4.78, 5) is 12.0. The highest BCUT2D eigenvalue weighted by Crippen LogP contribution is 2.08. The maximum absolute atomic E-state index is 12.0. The summed E-state index contributed by atoms with van der Waals surface area (Å²) in [5, 5.41) is 10.7. The van der Waals surface area contributed by atoms with Crippen molar-refractivity contribution in [3.8, 4) is 5.69 Å². The molecule has 1 N–H and O–H groups in total. The topological polar surface area (TPSA) is 69.0 Å². The third kappa shape index (κ3) is 4.66. The quantitative estimate of drug-likeness (QED) is 0.795. The highest BCUT2D eigenvalue weighted by Gasteiger charge is 2.10. The van der Waals surface area contributed by atoms with Crippen molar-refractivity contribution in [2.75, 3.05) is 13.2 Å². The van der Waals surface area contributed by atoms with Crippen LogP contribution < -0.4 is 5.32 Å². The van der Waals surface area contributed by atoms with E-state index in [0.717, 1.165) is 12.1 Å². The van der Waals surface area contributed by atoms with Gasteiger partial charge in [0, 0.05) is 13.2 Å². The first kappa shape index (κ1) is 16.2. The number of nitrogens with zero attached hydrogens (tertiary/aromatic N) is 3. The summed E-state index contributed by atoms with van der Waals surface area (Å²) < 4.78 is 7.01. The van der Waals surface area contributed by atoms with Crippen molar-refractivity contribution in [3.63, 3.8) is 0 Å². The summed E-state index contributed by atoms with van der Waals surface area (Å²) in [5.74, 6) is -0.220. The summed E-state index contributed by atoms with van der Waals surface area (Å²) in [6.07, 6.45) is 2.62. The van der Waals surface area contributed by atoms with Gasteiger partial charge in [0.25, 0.3) is 5.91 Å². The van der Waals surface area contributed by atoms with Gasteiger partial charge in [0.2, 0.25) is 0 Å². The lowest BCUT2D eigenvalue weighted by Crippen LogP contribution is -2.25. The maximum atomic E-state index is 12.0. The molecule has 0 saturated carbocycles. The van der Waals surface area contributed by atoms with Gasteiger partial charge >= 0.3 is 0 Å². The van der Waals surface area contributed by atoms with E-state index in [1.54, 1.807) is 10.9 Å². The summed E-state index contributed by atoms with van der Waals surface area (Å²) in [7, 11) is 0. The van der Waals surface area contributed by atoms with Crippen LogP contribution in [-0.2, 0) is 4.74 Å². The summed E-state index contributed by atoms with van der Waals surface area (Å²) >= 11 is 0. The summed E-state index contributed by atoms with van der Waals surface area (Å²) in [6.45, 7) is 7.19. The Labute approximate surface area is 130 Å². The number of amides is 1. The van der Waals surface area contributed by atoms with Gasteiger partial charge in [0.15, 0.2) is 5.69 Å². The molecule has 6 heteroatoms. The molecule has 0 radical (unpaired) electrons. The van der Waals surface area contributed by atoms with E-state index in [0.29, 0.717) is 18.8 Å². The fraction of sp³-hybridized carbons (Fsp3) is 0.438. The minimum absolute atomic E-state index is 0.213. The molecule has 0 aliphatic rings. The molecule has 22 heavy (non-hydrogen) atoms. The van der Waals surface area contributed by atoms with Crippen LogP contribution in [0, 0.1) is 6.92 Å². The van der Waals surface area contributed by atoms with Gasteiger partial charge in [-0.2, -0.15) is 0 Å². The number of nitrogens with one attached hydrogen (secondary N) is 1. The van der Waals surface area contributed by atoms with E-state index in [2.05, 4.69) is 15.6 Å². The van der Waals surface area contributed by atoms with E-state index in [1.807, 2.05) is 45.0 Å². The number of aromatic nitrogens is 3. The molecule has 1 aromatic carbocycles. The Kier molecular flexibility index (Phi) is 5.66. The van der Waals surface area contributed by atoms with Gasteiger partial charge in [-0.1, -0.05) is 22.9 Å². The lowest BCUT2D eigenvalue weighted by Gasteiger charge is -2.07. The van der Waals surface area contributed by atoms with Crippen LogP contribution in [0.3, 0.4) is 0 Å². The Morgan fingerprint density at radius 2 is 2.05 bits per heavy atom. The number of ether oxygens (including phenoxy) is 1. The molecule has 0 aliphatic carbocycles. The number of carbonyl (C=O) groups is 1. The lowest BCUT2D eigenvalue weighted by molar-refractivity contribution is 0.0756. The SMILES string of the molecule is Cc1ccc(-n2cc(C(=O)NCCCOC(C)C)nn2)cc1. The number of rotatable bonds is 7. The van der Waals surface area contributed by atoms with Crippen molar-refractivity contribution in [3.05, 3.63) is 41.7 Å². The van der Waals surface area contributed by atoms with E-state index in [4.69, 9.17) is 4.74 Å². The highest BCUT2D eigenvalue weighted by molar-refractivity contribution is 5.91. The zero-order valence-corrected chi connectivity index (χ0v) is 13.2. The molecule has 0 fully saturated rings. The number of carbonyl (C=O) groups excluding carboxylic acids is 1. The van der Waals surface area contributed by atoms with Gasteiger partial charge < -0.3 is 10.1 Å². The first-order chi connectivity index (χ1) is 10.6. The van der Waals surface area contributed by atoms with Crippen LogP contribution in [0.15, 0.2) is 30.5 Å². The van der Waals surface area contributed by atoms with Crippen LogP contribution in [-0.4, -0.2) is 40.2 Å². The number of benzene rings is 1. The average Bonchev–Trinajstić information content (AvgIpc) is 2.97. The fourth-order valence-corrected chi connectivity index (χ4v) is 1.88. The van der Waals surface area contributed by atoms with Crippen molar-refractivity contribution < 1.29 is 9.53 Å². The van der Waals surface area contributed by atoms with Crippen LogP contribution in [0.1, 0.15) is 36.3 Å². The highest BCUT2D eigenvalue weighted by atomic mass is 16.5. The molecular formula is C16H22N4O2. The first-order valence-corrected chi connectivity index (χ1v) is 7.45. The van der Waals surface area contributed by atoms with Crippen molar-refractivity contribution in [1.29, 1.82) is 0 Å². The van der Waals surface area contributed by atoms with E-state index in [-0.39, 0.29) is 12.0 Å². The molecule has 118 valence electrons. The average molecular weight is 302 g/mol. The monoisotopic (exact) mass is 302 g/mol. The molecule has 6 nitrogen and oxygen atoms in total. The molecule has 2 rings (SSSR count). The Bertz CT molecular complexity index is 605. The van der Waals surface area contributed by atoms with Crippen LogP contribution in [0.2, 0.25) is 0 Å². The summed E-state index contributed by atoms with van der Waals surface area (Å²) in [5.41, 5.74) is 2.36. The van der Waals surface area contributed by atoms with E-state index in [9.17, 15) is 4.79 Å². The van der Waals surface area contributed by atoms with Gasteiger partial charge in [-0.25, -0.2) is 4.68 Å². The molecule has 0 saturated heterocycles. The molecule has 1 heterocycles. The van der Waals surface area contributed by atoms with Crippen molar-refractivity contribution in [1.82, 2.24) is 20.3 Å². The van der Waals surface area contributed by atoms with E-state index < -0.39 is 0 Å². The second kappa shape index (κ2) is 7.70. The van der Waals surface area contributed by atoms with Crippen molar-refractivity contribution in [2.45, 2.75) is 33.3 Å². The molecule has 0 spiro atoms. The normalized spacial score (nSPS) is 10.9. The number of hydrogen-bond donors (Lipinski definition) is 1. The van der Waals surface area contributed by atoms with Gasteiger partial charge in [0.05, 0.1) is 18.0 Å². The predicted octanol–water partition coefficient (Wildman–Crippen LogP) is 2.12. The zero-order valence-electron chi connectivity index (χ0n) is 13.2. The molecule has 0 bridgehead atoms. The molecule has 1 aromatic heterocycles. The Morgan fingerprint density at radius 3 is 2.73 bits per heavy atom. The second-order valence-electron chi connectivity index (χ2n) is 5.41. The first-order valence-electron chi connectivity index (χ1n) is 7.45. The Morgan fingerprint density at radius 1 is 1.32 bits per heavy atom. The number of hydrogen-bond acceptors (Lipinski definition) is 4. The molecular weight excluding hydrogens is 280 g/mol. The van der Waals surface area contributed by atoms with Crippen molar-refractivity contribution >= 4 is 5.91 Å². The van der Waals surface area contributed by atoms with E-state index >= 15 is 0 Å². The van der Waals surface area contributed by atoms with Crippen LogP contribution in [0.5, 0.6) is 0 Å². The van der Waals surface area contributed by atoms with E-state index in [1.165, 1.54) is 5.56 Å². The minimum atomic E-state index is -0.220. The van der Waals surface area contributed by atoms with Gasteiger partial charge in [-0.3, -0.25) is 4.79 Å². The molecule has 0 atom stereocenters. The maximum Gasteiger partial charge on any atom is 0.273 e. The lowest BCUT2D eigenvalue weighted by atomic mass is 10.2. The van der Waals surface area contributed by atoms with Crippen molar-refractivity contribution in [2.24, 2.45) is 0 Å². The van der Waals surface area contributed by atoms with Gasteiger partial charge in [-0.05, 0) is 39.3 Å². The van der Waals surface area contributed by atoms with Gasteiger partial charge in [-0.15, -0.1) is 5.10 Å². The predicted molar refractivity (Wildman–Crippen MR) is 84.1 cm³/mol. The third-order valence-electron chi connectivity index (χ3n) is 3.08. The molecule has 1 amide bonds. The largest absolute Gasteiger partial charge is 0.379 e. The number of aryl methyl sites for hydroxylation is 1. The van der Waals surface area contributed by atoms with Crippen LogP contribution in [0.25, 0.3) is 5.69 Å². The van der Waals surface area contributed by atoms with Gasteiger partial charge in [0.1, 0.15) is 0 Å². The van der Waals surface area contributed by atoms with Crippen LogP contribution in [0.4, 0.5) is 0 Å². The molecule has 0 unspecified atom stereocenters. The summed E-state index contributed by atoms with van der Waals surface area (Å²) in [6, 6.07) is 7.86. The minimum Gasteiger partial charge on any atom is -0.379 e. The molecule has 0 aliphatic heterocycles.